The lowest BCUT2D eigenvalue weighted by molar-refractivity contribution is 0.211. The van der Waals surface area contributed by atoms with Crippen molar-refractivity contribution < 1.29 is 14.9 Å². The Bertz CT molecular complexity index is 395. The highest BCUT2D eigenvalue weighted by Crippen LogP contribution is 2.15. The molecule has 1 aromatic carbocycles. The number of hydrogen-bond donors (Lipinski definition) is 2. The summed E-state index contributed by atoms with van der Waals surface area (Å²) in [6.07, 6.45) is 3.43. The Labute approximate surface area is 94.3 Å². The van der Waals surface area contributed by atoms with E-state index in [0.717, 1.165) is 5.75 Å². The van der Waals surface area contributed by atoms with Gasteiger partial charge in [-0.15, -0.1) is 0 Å². The van der Waals surface area contributed by atoms with Crippen LogP contribution in [0.4, 0.5) is 0 Å². The van der Waals surface area contributed by atoms with E-state index in [-0.39, 0.29) is 6.61 Å². The van der Waals surface area contributed by atoms with Gasteiger partial charge in [-0.2, -0.15) is 0 Å². The van der Waals surface area contributed by atoms with Crippen molar-refractivity contribution in [2.75, 3.05) is 6.61 Å². The molecule has 84 valence electrons. The lowest BCUT2D eigenvalue weighted by Crippen LogP contribution is -2.20. The van der Waals surface area contributed by atoms with Crippen LogP contribution in [-0.4, -0.2) is 29.0 Å². The van der Waals surface area contributed by atoms with Crippen LogP contribution in [0.15, 0.2) is 54.1 Å². The Kier molecular flexibility index (Phi) is 3.39. The Morgan fingerprint density at radius 2 is 1.81 bits per heavy atom. The highest BCUT2D eigenvalue weighted by Gasteiger charge is 2.14. The zero-order chi connectivity index (χ0) is 11.4. The zero-order valence-electron chi connectivity index (χ0n) is 8.78. The first-order chi connectivity index (χ1) is 7.75. The Hall–Kier alpha value is -1.58. The molecular formula is C13H14O3. The summed E-state index contributed by atoms with van der Waals surface area (Å²) in [5, 5.41) is 19.0. The highest BCUT2D eigenvalue weighted by molar-refractivity contribution is 5.27. The minimum atomic E-state index is -0.660. The average molecular weight is 218 g/mol. The van der Waals surface area contributed by atoms with Gasteiger partial charge < -0.3 is 14.9 Å². The van der Waals surface area contributed by atoms with Crippen molar-refractivity contribution in [1.29, 1.82) is 0 Å². The van der Waals surface area contributed by atoms with Gasteiger partial charge in [-0.25, -0.2) is 0 Å². The molecule has 0 saturated heterocycles. The lowest BCUT2D eigenvalue weighted by atomic mass is 10.0. The maximum atomic E-state index is 9.62. The molecule has 16 heavy (non-hydrogen) atoms. The zero-order valence-corrected chi connectivity index (χ0v) is 8.78. The van der Waals surface area contributed by atoms with E-state index in [0.29, 0.717) is 5.57 Å². The fraction of sp³-hybridized carbons (Fsp3) is 0.231. The van der Waals surface area contributed by atoms with E-state index in [2.05, 4.69) is 0 Å². The summed E-state index contributed by atoms with van der Waals surface area (Å²) in [6.45, 7) is 0.284. The van der Waals surface area contributed by atoms with Gasteiger partial charge in [-0.05, 0) is 23.8 Å². The molecular weight excluding hydrogens is 204 g/mol. The summed E-state index contributed by atoms with van der Waals surface area (Å²) < 4.78 is 5.49. The quantitative estimate of drug-likeness (QED) is 0.751. The van der Waals surface area contributed by atoms with E-state index in [9.17, 15) is 10.2 Å². The summed E-state index contributed by atoms with van der Waals surface area (Å²) in [7, 11) is 0. The molecule has 0 fully saturated rings. The van der Waals surface area contributed by atoms with Crippen molar-refractivity contribution in [2.45, 2.75) is 12.2 Å². The third-order valence-corrected chi connectivity index (χ3v) is 2.40. The number of benzene rings is 1. The van der Waals surface area contributed by atoms with E-state index < -0.39 is 12.2 Å². The second-order valence-electron chi connectivity index (χ2n) is 3.66. The van der Waals surface area contributed by atoms with Crippen LogP contribution in [-0.2, 0) is 0 Å². The molecule has 0 radical (unpaired) electrons. The predicted molar refractivity (Wildman–Crippen MR) is 61.2 cm³/mol. The molecule has 3 heteroatoms. The number of rotatable bonds is 3. The van der Waals surface area contributed by atoms with E-state index in [1.807, 2.05) is 30.3 Å². The summed E-state index contributed by atoms with van der Waals surface area (Å²) in [6, 6.07) is 9.38. The molecule has 0 heterocycles. The molecule has 0 aromatic heterocycles. The lowest BCUT2D eigenvalue weighted by Gasteiger charge is -2.18. The molecule has 0 saturated carbocycles. The molecule has 2 rings (SSSR count). The van der Waals surface area contributed by atoms with Crippen LogP contribution in [0.3, 0.4) is 0 Å². The molecule has 1 aromatic rings. The minimum Gasteiger partial charge on any atom is -0.489 e. The smallest absolute Gasteiger partial charge is 0.119 e. The van der Waals surface area contributed by atoms with Crippen LogP contribution >= 0.6 is 0 Å². The van der Waals surface area contributed by atoms with Crippen molar-refractivity contribution in [2.24, 2.45) is 0 Å². The van der Waals surface area contributed by atoms with Crippen LogP contribution in [0.2, 0.25) is 0 Å². The van der Waals surface area contributed by atoms with Crippen LogP contribution in [0.1, 0.15) is 0 Å². The van der Waals surface area contributed by atoms with Gasteiger partial charge in [0.25, 0.3) is 0 Å². The first kappa shape index (κ1) is 10.9. The minimum absolute atomic E-state index is 0.284. The van der Waals surface area contributed by atoms with E-state index in [4.69, 9.17) is 4.74 Å². The van der Waals surface area contributed by atoms with Crippen molar-refractivity contribution in [3.63, 3.8) is 0 Å². The molecule has 2 N–H and O–H groups in total. The number of ether oxygens (including phenoxy) is 1. The van der Waals surface area contributed by atoms with Gasteiger partial charge in [0, 0.05) is 0 Å². The van der Waals surface area contributed by atoms with Crippen LogP contribution < -0.4 is 4.74 Å². The predicted octanol–water partition coefficient (Wildman–Crippen LogP) is 1.28. The van der Waals surface area contributed by atoms with Gasteiger partial charge >= 0.3 is 0 Å². The van der Waals surface area contributed by atoms with Crippen LogP contribution in [0.25, 0.3) is 0 Å². The van der Waals surface area contributed by atoms with Gasteiger partial charge in [-0.1, -0.05) is 30.4 Å². The van der Waals surface area contributed by atoms with Gasteiger partial charge in [0.15, 0.2) is 0 Å². The van der Waals surface area contributed by atoms with E-state index >= 15 is 0 Å². The number of para-hydroxylation sites is 1. The molecule has 2 unspecified atom stereocenters. The molecule has 1 aliphatic carbocycles. The van der Waals surface area contributed by atoms with E-state index in [1.54, 1.807) is 18.2 Å². The summed E-state index contributed by atoms with van der Waals surface area (Å²) in [4.78, 5) is 0. The third-order valence-electron chi connectivity index (χ3n) is 2.40. The number of aliphatic hydroxyl groups excluding tert-OH is 2. The van der Waals surface area contributed by atoms with Gasteiger partial charge in [-0.3, -0.25) is 0 Å². The molecule has 2 atom stereocenters. The molecule has 0 aliphatic heterocycles. The highest BCUT2D eigenvalue weighted by atomic mass is 16.5. The fourth-order valence-electron chi connectivity index (χ4n) is 1.53. The van der Waals surface area contributed by atoms with Crippen LogP contribution in [0.5, 0.6) is 5.75 Å². The molecule has 0 bridgehead atoms. The van der Waals surface area contributed by atoms with Crippen molar-refractivity contribution in [1.82, 2.24) is 0 Å². The fourth-order valence-corrected chi connectivity index (χ4v) is 1.53. The Balaban J connectivity index is 1.95. The first-order valence-electron chi connectivity index (χ1n) is 5.18. The van der Waals surface area contributed by atoms with Crippen molar-refractivity contribution in [3.05, 3.63) is 54.1 Å². The van der Waals surface area contributed by atoms with Gasteiger partial charge in [0.05, 0.1) is 12.2 Å². The third kappa shape index (κ3) is 2.72. The first-order valence-corrected chi connectivity index (χ1v) is 5.18. The molecule has 1 aliphatic rings. The molecule has 3 nitrogen and oxygen atoms in total. The second-order valence-corrected chi connectivity index (χ2v) is 3.66. The Morgan fingerprint density at radius 3 is 2.56 bits per heavy atom. The second kappa shape index (κ2) is 4.96. The van der Waals surface area contributed by atoms with Gasteiger partial charge in [0.1, 0.15) is 12.4 Å². The Morgan fingerprint density at radius 1 is 1.06 bits per heavy atom. The monoisotopic (exact) mass is 218 g/mol. The normalized spacial score (nSPS) is 24.0. The summed E-state index contributed by atoms with van der Waals surface area (Å²) in [5.41, 5.74) is 0.679. The SMILES string of the molecule is OC1C=CC(O)C(COc2ccccc2)=C1. The average Bonchev–Trinajstić information content (AvgIpc) is 2.32. The standard InChI is InChI=1S/C13H14O3/c14-11-6-7-13(15)10(8-11)9-16-12-4-2-1-3-5-12/h1-8,11,13-15H,9H2. The largest absolute Gasteiger partial charge is 0.489 e. The summed E-state index contributed by atoms with van der Waals surface area (Å²) >= 11 is 0. The topological polar surface area (TPSA) is 49.7 Å². The summed E-state index contributed by atoms with van der Waals surface area (Å²) in [5.74, 6) is 0.750. The van der Waals surface area contributed by atoms with E-state index in [1.165, 1.54) is 0 Å². The van der Waals surface area contributed by atoms with Crippen molar-refractivity contribution >= 4 is 0 Å². The van der Waals surface area contributed by atoms with Crippen LogP contribution in [0, 0.1) is 0 Å². The molecule has 0 amide bonds. The number of hydrogen-bond acceptors (Lipinski definition) is 3. The molecule has 0 spiro atoms. The van der Waals surface area contributed by atoms with Crippen molar-refractivity contribution in [3.8, 4) is 5.75 Å². The maximum absolute atomic E-state index is 9.62. The maximum Gasteiger partial charge on any atom is 0.119 e. The van der Waals surface area contributed by atoms with Gasteiger partial charge in [0.2, 0.25) is 0 Å². The number of aliphatic hydroxyl groups is 2.